The lowest BCUT2D eigenvalue weighted by Gasteiger charge is -2.35. The van der Waals surface area contributed by atoms with Crippen LogP contribution in [0.2, 0.25) is 0 Å². The molecule has 0 saturated carbocycles. The van der Waals surface area contributed by atoms with Gasteiger partial charge in [-0.3, -0.25) is 9.59 Å². The van der Waals surface area contributed by atoms with Gasteiger partial charge < -0.3 is 24.6 Å². The van der Waals surface area contributed by atoms with E-state index in [1.165, 1.54) is 0 Å². The molecule has 9 nitrogen and oxygen atoms in total. The van der Waals surface area contributed by atoms with Gasteiger partial charge in [0.05, 0.1) is 11.4 Å². The zero-order valence-electron chi connectivity index (χ0n) is 20.1. The van der Waals surface area contributed by atoms with Gasteiger partial charge in [-0.2, -0.15) is 4.98 Å². The molecule has 1 aromatic heterocycles. The van der Waals surface area contributed by atoms with Crippen LogP contribution in [0, 0.1) is 6.92 Å². The standard InChI is InChI=1S/C27H28N4O5/c1-17-14-19(7-8-23(17)32)22-16-21(28-27(35)29-22)18-4-2-5-20(15-18)25(33)30-9-11-31(12-10-30)26(34)24-6-3-13-36-24/h2,4-5,7-8,14-16,24,32H,3,6,9-13H2,1H3,(H,28,29,35). The Balaban J connectivity index is 1.32. The van der Waals surface area contributed by atoms with Crippen molar-refractivity contribution in [3.05, 3.63) is 70.1 Å². The van der Waals surface area contributed by atoms with Crippen LogP contribution in [0.3, 0.4) is 0 Å². The molecule has 2 aliphatic rings. The van der Waals surface area contributed by atoms with Crippen molar-refractivity contribution in [3.63, 3.8) is 0 Å². The molecule has 1 atom stereocenters. The van der Waals surface area contributed by atoms with Crippen molar-refractivity contribution in [2.45, 2.75) is 25.9 Å². The van der Waals surface area contributed by atoms with E-state index in [1.807, 2.05) is 6.07 Å². The van der Waals surface area contributed by atoms with Gasteiger partial charge in [-0.15, -0.1) is 0 Å². The molecule has 0 spiro atoms. The molecular weight excluding hydrogens is 460 g/mol. The normalized spacial score (nSPS) is 17.9. The Labute approximate surface area is 208 Å². The quantitative estimate of drug-likeness (QED) is 0.583. The van der Waals surface area contributed by atoms with Gasteiger partial charge in [-0.1, -0.05) is 12.1 Å². The minimum absolute atomic E-state index is 0.0165. The van der Waals surface area contributed by atoms with E-state index in [-0.39, 0.29) is 23.7 Å². The highest BCUT2D eigenvalue weighted by atomic mass is 16.5. The predicted molar refractivity (Wildman–Crippen MR) is 134 cm³/mol. The largest absolute Gasteiger partial charge is 0.508 e. The summed E-state index contributed by atoms with van der Waals surface area (Å²) in [7, 11) is 0. The van der Waals surface area contributed by atoms with Gasteiger partial charge in [0.2, 0.25) is 0 Å². The number of amides is 2. The highest BCUT2D eigenvalue weighted by molar-refractivity contribution is 5.95. The number of aryl methyl sites for hydroxylation is 1. The highest BCUT2D eigenvalue weighted by Crippen LogP contribution is 2.26. The van der Waals surface area contributed by atoms with Gasteiger partial charge >= 0.3 is 5.69 Å². The Morgan fingerprint density at radius 2 is 1.81 bits per heavy atom. The third-order valence-electron chi connectivity index (χ3n) is 6.74. The number of hydrogen-bond acceptors (Lipinski definition) is 6. The van der Waals surface area contributed by atoms with Gasteiger partial charge in [-0.05, 0) is 67.3 Å². The number of H-pyrrole nitrogens is 1. The van der Waals surface area contributed by atoms with Crippen LogP contribution in [0.15, 0.2) is 53.3 Å². The van der Waals surface area contributed by atoms with E-state index in [1.54, 1.807) is 59.2 Å². The lowest BCUT2D eigenvalue weighted by molar-refractivity contribution is -0.142. The maximum Gasteiger partial charge on any atom is 0.345 e. The highest BCUT2D eigenvalue weighted by Gasteiger charge is 2.31. The number of ether oxygens (including phenoxy) is 1. The summed E-state index contributed by atoms with van der Waals surface area (Å²) in [6.07, 6.45) is 1.32. The van der Waals surface area contributed by atoms with E-state index in [9.17, 15) is 19.5 Å². The van der Waals surface area contributed by atoms with Crippen molar-refractivity contribution in [1.29, 1.82) is 0 Å². The average Bonchev–Trinajstić information content (AvgIpc) is 3.44. The Morgan fingerprint density at radius 1 is 1.03 bits per heavy atom. The molecule has 2 N–H and O–H groups in total. The van der Waals surface area contributed by atoms with E-state index in [4.69, 9.17) is 4.74 Å². The molecule has 186 valence electrons. The Kier molecular flexibility index (Phi) is 6.56. The fraction of sp³-hybridized carbons (Fsp3) is 0.333. The first kappa shape index (κ1) is 23.7. The van der Waals surface area contributed by atoms with Crippen LogP contribution in [0.1, 0.15) is 28.8 Å². The topological polar surface area (TPSA) is 116 Å². The summed E-state index contributed by atoms with van der Waals surface area (Å²) < 4.78 is 5.51. The first-order chi connectivity index (χ1) is 17.4. The van der Waals surface area contributed by atoms with Gasteiger partial charge in [-0.25, -0.2) is 4.79 Å². The van der Waals surface area contributed by atoms with Gasteiger partial charge in [0.25, 0.3) is 11.8 Å². The van der Waals surface area contributed by atoms with Crippen LogP contribution in [0.5, 0.6) is 5.75 Å². The van der Waals surface area contributed by atoms with Crippen LogP contribution >= 0.6 is 0 Å². The number of phenolic OH excluding ortho intramolecular Hbond substituents is 1. The minimum atomic E-state index is -0.503. The molecule has 2 saturated heterocycles. The lowest BCUT2D eigenvalue weighted by Crippen LogP contribution is -2.52. The molecule has 2 aromatic carbocycles. The Bertz CT molecular complexity index is 1350. The second-order valence-corrected chi connectivity index (χ2v) is 9.19. The van der Waals surface area contributed by atoms with Crippen molar-refractivity contribution in [3.8, 4) is 28.3 Å². The number of carbonyl (C=O) groups excluding carboxylic acids is 2. The second-order valence-electron chi connectivity index (χ2n) is 9.19. The molecule has 3 aromatic rings. The summed E-state index contributed by atoms with van der Waals surface area (Å²) >= 11 is 0. The van der Waals surface area contributed by atoms with Crippen molar-refractivity contribution in [1.82, 2.24) is 19.8 Å². The molecule has 2 amide bonds. The molecule has 36 heavy (non-hydrogen) atoms. The molecule has 0 radical (unpaired) electrons. The molecule has 5 rings (SSSR count). The van der Waals surface area contributed by atoms with Gasteiger partial charge in [0.1, 0.15) is 11.9 Å². The monoisotopic (exact) mass is 488 g/mol. The van der Waals surface area contributed by atoms with Crippen molar-refractivity contribution in [2.24, 2.45) is 0 Å². The average molecular weight is 489 g/mol. The first-order valence-corrected chi connectivity index (χ1v) is 12.1. The lowest BCUT2D eigenvalue weighted by atomic mass is 10.0. The number of rotatable bonds is 4. The van der Waals surface area contributed by atoms with Crippen LogP contribution in [-0.4, -0.2) is 75.6 Å². The molecule has 0 bridgehead atoms. The van der Waals surface area contributed by atoms with E-state index in [0.717, 1.165) is 12.8 Å². The number of benzene rings is 2. The zero-order valence-corrected chi connectivity index (χ0v) is 20.1. The third-order valence-corrected chi connectivity index (χ3v) is 6.74. The minimum Gasteiger partial charge on any atom is -0.508 e. The number of phenols is 1. The van der Waals surface area contributed by atoms with Crippen molar-refractivity contribution in [2.75, 3.05) is 32.8 Å². The van der Waals surface area contributed by atoms with Crippen molar-refractivity contribution >= 4 is 11.8 Å². The van der Waals surface area contributed by atoms with E-state index in [0.29, 0.717) is 66.4 Å². The number of nitrogens with one attached hydrogen (secondary N) is 1. The fourth-order valence-electron chi connectivity index (χ4n) is 4.68. The number of piperazine rings is 1. The molecule has 3 heterocycles. The fourth-order valence-corrected chi connectivity index (χ4v) is 4.68. The Hall–Kier alpha value is -3.98. The van der Waals surface area contributed by atoms with Crippen LogP contribution in [-0.2, 0) is 9.53 Å². The number of aromatic amines is 1. The van der Waals surface area contributed by atoms with E-state index in [2.05, 4.69) is 9.97 Å². The molecule has 1 unspecified atom stereocenters. The van der Waals surface area contributed by atoms with E-state index < -0.39 is 5.69 Å². The van der Waals surface area contributed by atoms with Gasteiger partial charge in [0.15, 0.2) is 0 Å². The van der Waals surface area contributed by atoms with Crippen LogP contribution < -0.4 is 5.69 Å². The number of carbonyl (C=O) groups is 2. The number of aromatic hydroxyl groups is 1. The predicted octanol–water partition coefficient (Wildman–Crippen LogP) is 2.58. The van der Waals surface area contributed by atoms with Crippen LogP contribution in [0.25, 0.3) is 22.5 Å². The number of nitrogens with zero attached hydrogens (tertiary/aromatic N) is 3. The summed E-state index contributed by atoms with van der Waals surface area (Å²) in [4.78, 5) is 48.5. The molecule has 2 aliphatic heterocycles. The molecule has 9 heteroatoms. The summed E-state index contributed by atoms with van der Waals surface area (Å²) in [6.45, 7) is 4.29. The zero-order chi connectivity index (χ0) is 25.2. The molecule has 2 fully saturated rings. The third kappa shape index (κ3) is 4.87. The maximum atomic E-state index is 13.2. The summed E-state index contributed by atoms with van der Waals surface area (Å²) in [6, 6.07) is 13.9. The maximum absolute atomic E-state index is 13.2. The molecular formula is C27H28N4O5. The summed E-state index contributed by atoms with van der Waals surface area (Å²) in [5.41, 5.74) is 3.09. The summed E-state index contributed by atoms with van der Waals surface area (Å²) in [5.74, 6) is 0.0711. The smallest absolute Gasteiger partial charge is 0.345 e. The van der Waals surface area contributed by atoms with Crippen LogP contribution in [0.4, 0.5) is 0 Å². The number of aromatic nitrogens is 2. The molecule has 0 aliphatic carbocycles. The van der Waals surface area contributed by atoms with Crippen molar-refractivity contribution < 1.29 is 19.4 Å². The summed E-state index contributed by atoms with van der Waals surface area (Å²) in [5, 5.41) is 9.81. The number of hydrogen-bond donors (Lipinski definition) is 2. The Morgan fingerprint density at radius 3 is 2.53 bits per heavy atom. The second kappa shape index (κ2) is 9.94. The van der Waals surface area contributed by atoms with Gasteiger partial charge in [0, 0.05) is 43.9 Å². The van der Waals surface area contributed by atoms with E-state index >= 15 is 0 Å². The SMILES string of the molecule is Cc1cc(-c2cc(-c3cccc(C(=O)N4CCN(C(=O)C5CCCO5)CC4)c3)[nH]c(=O)n2)ccc1O. The first-order valence-electron chi connectivity index (χ1n) is 12.1.